The molecule has 1 aliphatic carbocycles. The second-order valence-electron chi connectivity index (χ2n) is 6.43. The van der Waals surface area contributed by atoms with Crippen LogP contribution in [-0.4, -0.2) is 11.7 Å². The van der Waals surface area contributed by atoms with Crippen LogP contribution in [0.2, 0.25) is 0 Å². The van der Waals surface area contributed by atoms with Gasteiger partial charge in [0.05, 0.1) is 5.60 Å². The molecule has 1 saturated carbocycles. The van der Waals surface area contributed by atoms with Crippen LogP contribution in [-0.2, 0) is 5.60 Å². The molecular formula is C17H26INO. The molecule has 0 spiro atoms. The molecule has 1 aliphatic rings. The summed E-state index contributed by atoms with van der Waals surface area (Å²) < 4.78 is 1.19. The number of rotatable bonds is 4. The van der Waals surface area contributed by atoms with Crippen LogP contribution in [0.3, 0.4) is 0 Å². The Morgan fingerprint density at radius 3 is 2.60 bits per heavy atom. The second kappa shape index (κ2) is 6.32. The van der Waals surface area contributed by atoms with Gasteiger partial charge in [0.25, 0.3) is 0 Å². The first-order valence-corrected chi connectivity index (χ1v) is 8.71. The monoisotopic (exact) mass is 387 g/mol. The molecule has 0 heterocycles. The molecule has 0 saturated heterocycles. The van der Waals surface area contributed by atoms with E-state index in [1.165, 1.54) is 22.8 Å². The van der Waals surface area contributed by atoms with Gasteiger partial charge >= 0.3 is 0 Å². The van der Waals surface area contributed by atoms with Gasteiger partial charge in [0.1, 0.15) is 0 Å². The Balaban J connectivity index is 2.35. The minimum Gasteiger partial charge on any atom is -0.385 e. The van der Waals surface area contributed by atoms with Crippen molar-refractivity contribution in [1.29, 1.82) is 0 Å². The van der Waals surface area contributed by atoms with Crippen LogP contribution in [0.5, 0.6) is 0 Å². The predicted octanol–water partition coefficient (Wildman–Crippen LogP) is 4.04. The van der Waals surface area contributed by atoms with Crippen LogP contribution in [0.15, 0.2) is 24.3 Å². The lowest BCUT2D eigenvalue weighted by atomic mass is 9.59. The Kier molecular flexibility index (Phi) is 5.14. The van der Waals surface area contributed by atoms with Crippen molar-refractivity contribution in [2.75, 3.05) is 6.54 Å². The van der Waals surface area contributed by atoms with Gasteiger partial charge in [-0.3, -0.25) is 0 Å². The van der Waals surface area contributed by atoms with Crippen molar-refractivity contribution in [3.63, 3.8) is 0 Å². The summed E-state index contributed by atoms with van der Waals surface area (Å²) in [6, 6.07) is 8.23. The number of aliphatic hydroxyl groups is 1. The summed E-state index contributed by atoms with van der Waals surface area (Å²) in [7, 11) is 0. The van der Waals surface area contributed by atoms with Gasteiger partial charge in [-0.15, -0.1) is 0 Å². The van der Waals surface area contributed by atoms with E-state index in [9.17, 15) is 5.11 Å². The zero-order valence-corrected chi connectivity index (χ0v) is 14.7. The lowest BCUT2D eigenvalue weighted by Gasteiger charge is -2.50. The van der Waals surface area contributed by atoms with Crippen molar-refractivity contribution >= 4 is 22.6 Å². The van der Waals surface area contributed by atoms with Gasteiger partial charge in [-0.1, -0.05) is 38.3 Å². The first-order chi connectivity index (χ1) is 9.45. The third kappa shape index (κ3) is 2.90. The van der Waals surface area contributed by atoms with E-state index in [1.54, 1.807) is 0 Å². The fourth-order valence-electron chi connectivity index (χ4n) is 3.74. The molecule has 112 valence electrons. The fourth-order valence-corrected chi connectivity index (χ4v) is 4.10. The summed E-state index contributed by atoms with van der Waals surface area (Å²) in [6.45, 7) is 4.76. The molecule has 0 radical (unpaired) electrons. The summed E-state index contributed by atoms with van der Waals surface area (Å²) >= 11 is 2.29. The van der Waals surface area contributed by atoms with Crippen LogP contribution >= 0.6 is 22.6 Å². The fraction of sp³-hybridized carbons (Fsp3) is 0.647. The highest BCUT2D eigenvalue weighted by Gasteiger charge is 2.49. The number of halogens is 1. The van der Waals surface area contributed by atoms with Gasteiger partial charge in [0.2, 0.25) is 0 Å². The first kappa shape index (κ1) is 16.2. The zero-order chi connectivity index (χ0) is 14.8. The normalized spacial score (nSPS) is 29.9. The lowest BCUT2D eigenvalue weighted by Crippen LogP contribution is -2.51. The van der Waals surface area contributed by atoms with Crippen molar-refractivity contribution in [2.24, 2.45) is 17.1 Å². The molecule has 0 bridgehead atoms. The smallest absolute Gasteiger partial charge is 0.0936 e. The van der Waals surface area contributed by atoms with E-state index in [2.05, 4.69) is 53.8 Å². The minimum atomic E-state index is -0.847. The molecule has 1 aromatic rings. The highest BCUT2D eigenvalue weighted by molar-refractivity contribution is 14.1. The van der Waals surface area contributed by atoms with Crippen molar-refractivity contribution in [1.82, 2.24) is 0 Å². The Bertz CT molecular complexity index is 443. The summed E-state index contributed by atoms with van der Waals surface area (Å²) in [5.74, 6) is 0.697. The average Bonchev–Trinajstić information content (AvgIpc) is 2.47. The van der Waals surface area contributed by atoms with E-state index in [0.29, 0.717) is 12.5 Å². The lowest BCUT2D eigenvalue weighted by molar-refractivity contribution is -0.102. The molecule has 2 nitrogen and oxygen atoms in total. The van der Waals surface area contributed by atoms with Crippen LogP contribution in [0.25, 0.3) is 0 Å². The standard InChI is InChI=1S/C17H26INO/c1-3-13-5-4-10-17(11-13,12-19)16(2,20)14-6-8-15(18)9-7-14/h6-9,13,20H,3-5,10-12,19H2,1-2H3. The van der Waals surface area contributed by atoms with E-state index in [4.69, 9.17) is 5.73 Å². The third-order valence-corrected chi connectivity index (χ3v) is 6.07. The van der Waals surface area contributed by atoms with Crippen LogP contribution in [0.1, 0.15) is 51.5 Å². The molecule has 1 aromatic carbocycles. The van der Waals surface area contributed by atoms with E-state index in [1.807, 2.05) is 6.92 Å². The first-order valence-electron chi connectivity index (χ1n) is 7.63. The maximum atomic E-state index is 11.3. The Morgan fingerprint density at radius 1 is 1.40 bits per heavy atom. The van der Waals surface area contributed by atoms with Crippen molar-refractivity contribution < 1.29 is 5.11 Å². The molecule has 3 unspecified atom stereocenters. The van der Waals surface area contributed by atoms with E-state index >= 15 is 0 Å². The SMILES string of the molecule is CCC1CCCC(CN)(C(C)(O)c2ccc(I)cc2)C1. The minimum absolute atomic E-state index is 0.182. The van der Waals surface area contributed by atoms with Gasteiger partial charge in [-0.2, -0.15) is 0 Å². The van der Waals surface area contributed by atoms with Crippen LogP contribution < -0.4 is 5.73 Å². The average molecular weight is 387 g/mol. The van der Waals surface area contributed by atoms with Crippen molar-refractivity contribution in [3.05, 3.63) is 33.4 Å². The number of benzene rings is 1. The van der Waals surface area contributed by atoms with Gasteiger partial charge in [0, 0.05) is 15.5 Å². The van der Waals surface area contributed by atoms with E-state index in [0.717, 1.165) is 18.4 Å². The molecule has 0 aliphatic heterocycles. The molecule has 0 aromatic heterocycles. The number of hydrogen-bond donors (Lipinski definition) is 2. The Labute approximate surface area is 136 Å². The number of nitrogens with two attached hydrogens (primary N) is 1. The number of hydrogen-bond acceptors (Lipinski definition) is 2. The molecular weight excluding hydrogens is 361 g/mol. The van der Waals surface area contributed by atoms with Crippen LogP contribution in [0.4, 0.5) is 0 Å². The highest BCUT2D eigenvalue weighted by Crippen LogP contribution is 2.51. The molecule has 0 amide bonds. The van der Waals surface area contributed by atoms with Gasteiger partial charge in [-0.25, -0.2) is 0 Å². The van der Waals surface area contributed by atoms with E-state index < -0.39 is 5.60 Å². The maximum Gasteiger partial charge on any atom is 0.0936 e. The summed E-state index contributed by atoms with van der Waals surface area (Å²) in [6.07, 6.45) is 5.71. The molecule has 2 rings (SSSR count). The Hall–Kier alpha value is -0.130. The zero-order valence-electron chi connectivity index (χ0n) is 12.5. The van der Waals surface area contributed by atoms with Gasteiger partial charge < -0.3 is 10.8 Å². The van der Waals surface area contributed by atoms with Gasteiger partial charge in [0.15, 0.2) is 0 Å². The highest BCUT2D eigenvalue weighted by atomic mass is 127. The molecule has 20 heavy (non-hydrogen) atoms. The van der Waals surface area contributed by atoms with Crippen LogP contribution in [0, 0.1) is 14.9 Å². The quantitative estimate of drug-likeness (QED) is 0.766. The van der Waals surface area contributed by atoms with Crippen molar-refractivity contribution in [2.45, 2.75) is 51.6 Å². The Morgan fingerprint density at radius 2 is 2.05 bits per heavy atom. The summed E-state index contributed by atoms with van der Waals surface area (Å²) in [5, 5.41) is 11.3. The second-order valence-corrected chi connectivity index (χ2v) is 7.68. The molecule has 3 N–H and O–H groups in total. The summed E-state index contributed by atoms with van der Waals surface area (Å²) in [4.78, 5) is 0. The molecule has 3 heteroatoms. The predicted molar refractivity (Wildman–Crippen MR) is 92.5 cm³/mol. The maximum absolute atomic E-state index is 11.3. The third-order valence-electron chi connectivity index (χ3n) is 5.35. The molecule has 3 atom stereocenters. The van der Waals surface area contributed by atoms with Crippen molar-refractivity contribution in [3.8, 4) is 0 Å². The van der Waals surface area contributed by atoms with Gasteiger partial charge in [-0.05, 0) is 66.0 Å². The largest absolute Gasteiger partial charge is 0.385 e. The summed E-state index contributed by atoms with van der Waals surface area (Å²) in [5.41, 5.74) is 6.12. The molecule has 1 fully saturated rings. The van der Waals surface area contributed by atoms with E-state index in [-0.39, 0.29) is 5.41 Å². The topological polar surface area (TPSA) is 46.2 Å².